The zero-order valence-corrected chi connectivity index (χ0v) is 12.1. The summed E-state index contributed by atoms with van der Waals surface area (Å²) in [6, 6.07) is 1.47. The van der Waals surface area contributed by atoms with E-state index in [-0.39, 0.29) is 0 Å². The topological polar surface area (TPSA) is 15.3 Å². The Morgan fingerprint density at radius 1 is 1.24 bits per heavy atom. The number of nitrogens with zero attached hydrogens (tertiary/aromatic N) is 1. The Kier molecular flexibility index (Phi) is 4.14. The van der Waals surface area contributed by atoms with Crippen LogP contribution in [0.4, 0.5) is 0 Å². The molecule has 2 fully saturated rings. The van der Waals surface area contributed by atoms with Crippen LogP contribution in [-0.2, 0) is 0 Å². The van der Waals surface area contributed by atoms with Crippen LogP contribution >= 0.6 is 0 Å². The van der Waals surface area contributed by atoms with Crippen molar-refractivity contribution < 1.29 is 0 Å². The van der Waals surface area contributed by atoms with Gasteiger partial charge < -0.3 is 5.32 Å². The van der Waals surface area contributed by atoms with E-state index in [1.165, 1.54) is 45.2 Å². The normalized spacial score (nSPS) is 31.2. The molecule has 100 valence electrons. The van der Waals surface area contributed by atoms with Gasteiger partial charge in [-0.25, -0.2) is 0 Å². The van der Waals surface area contributed by atoms with Gasteiger partial charge in [0, 0.05) is 30.7 Å². The second kappa shape index (κ2) is 5.27. The molecule has 1 N–H and O–H groups in total. The predicted molar refractivity (Wildman–Crippen MR) is 74.3 cm³/mol. The lowest BCUT2D eigenvalue weighted by Crippen LogP contribution is -2.66. The number of hydrogen-bond donors (Lipinski definition) is 1. The van der Waals surface area contributed by atoms with Crippen LogP contribution in [0.2, 0.25) is 0 Å². The van der Waals surface area contributed by atoms with E-state index in [2.05, 4.69) is 37.9 Å². The van der Waals surface area contributed by atoms with Crippen LogP contribution in [-0.4, -0.2) is 35.6 Å². The molecule has 1 spiro atoms. The lowest BCUT2D eigenvalue weighted by atomic mass is 9.87. The quantitative estimate of drug-likeness (QED) is 0.813. The summed E-state index contributed by atoms with van der Waals surface area (Å²) in [6.45, 7) is 11.9. The molecule has 0 amide bonds. The van der Waals surface area contributed by atoms with Crippen molar-refractivity contribution in [1.82, 2.24) is 10.2 Å². The van der Waals surface area contributed by atoms with E-state index in [0.29, 0.717) is 5.54 Å². The van der Waals surface area contributed by atoms with Gasteiger partial charge in [0.05, 0.1) is 0 Å². The summed E-state index contributed by atoms with van der Waals surface area (Å²) in [4.78, 5) is 2.80. The Balaban J connectivity index is 2.09. The molecule has 1 saturated carbocycles. The van der Waals surface area contributed by atoms with E-state index in [9.17, 15) is 0 Å². The highest BCUT2D eigenvalue weighted by molar-refractivity contribution is 5.02. The van der Waals surface area contributed by atoms with Gasteiger partial charge >= 0.3 is 0 Å². The molecular weight excluding hydrogens is 208 g/mol. The average Bonchev–Trinajstić information content (AvgIpc) is 2.76. The third kappa shape index (κ3) is 2.68. The molecule has 2 aliphatic rings. The van der Waals surface area contributed by atoms with Crippen molar-refractivity contribution in [3.05, 3.63) is 0 Å². The smallest absolute Gasteiger partial charge is 0.0309 e. The van der Waals surface area contributed by atoms with Gasteiger partial charge in [0.1, 0.15) is 0 Å². The zero-order valence-electron chi connectivity index (χ0n) is 12.1. The van der Waals surface area contributed by atoms with Crippen LogP contribution in [0.3, 0.4) is 0 Å². The van der Waals surface area contributed by atoms with Gasteiger partial charge in [-0.3, -0.25) is 4.90 Å². The van der Waals surface area contributed by atoms with E-state index in [1.54, 1.807) is 0 Å². The summed E-state index contributed by atoms with van der Waals surface area (Å²) in [5.74, 6) is 0.759. The van der Waals surface area contributed by atoms with Gasteiger partial charge in [0.25, 0.3) is 0 Å². The fraction of sp³-hybridized carbons (Fsp3) is 1.00. The van der Waals surface area contributed by atoms with Crippen LogP contribution < -0.4 is 5.32 Å². The first-order valence-electron chi connectivity index (χ1n) is 7.59. The number of nitrogens with one attached hydrogen (secondary N) is 1. The fourth-order valence-electron chi connectivity index (χ4n) is 3.68. The van der Waals surface area contributed by atoms with Gasteiger partial charge in [0.15, 0.2) is 0 Å². The number of rotatable bonds is 3. The lowest BCUT2D eigenvalue weighted by Gasteiger charge is -2.50. The molecule has 1 aliphatic heterocycles. The first kappa shape index (κ1) is 13.4. The first-order valence-corrected chi connectivity index (χ1v) is 7.59. The van der Waals surface area contributed by atoms with Gasteiger partial charge in [-0.2, -0.15) is 0 Å². The van der Waals surface area contributed by atoms with E-state index >= 15 is 0 Å². The predicted octanol–water partition coefficient (Wildman–Crippen LogP) is 3.03. The third-order valence-corrected chi connectivity index (χ3v) is 5.08. The molecule has 1 aliphatic carbocycles. The monoisotopic (exact) mass is 238 g/mol. The highest BCUT2D eigenvalue weighted by atomic mass is 15.3. The molecule has 2 nitrogen and oxygen atoms in total. The van der Waals surface area contributed by atoms with Crippen molar-refractivity contribution >= 4 is 0 Å². The van der Waals surface area contributed by atoms with Gasteiger partial charge in [-0.15, -0.1) is 0 Å². The van der Waals surface area contributed by atoms with Gasteiger partial charge in [-0.1, -0.05) is 33.6 Å². The van der Waals surface area contributed by atoms with Crippen molar-refractivity contribution in [3.8, 4) is 0 Å². The van der Waals surface area contributed by atoms with Crippen LogP contribution in [0, 0.1) is 5.92 Å². The Morgan fingerprint density at radius 2 is 1.88 bits per heavy atom. The standard InChI is InChI=1S/C15H30N2/c1-5-13(4)17-11-15(8-6-7-9-15)16-10-14(17)12(2)3/h12-14,16H,5-11H2,1-4H3. The van der Waals surface area contributed by atoms with Crippen LogP contribution in [0.1, 0.15) is 59.8 Å². The fourth-order valence-corrected chi connectivity index (χ4v) is 3.68. The molecule has 2 heteroatoms. The van der Waals surface area contributed by atoms with Crippen molar-refractivity contribution in [2.75, 3.05) is 13.1 Å². The molecule has 2 unspecified atom stereocenters. The molecule has 0 aromatic heterocycles. The molecule has 2 rings (SSSR count). The van der Waals surface area contributed by atoms with E-state index in [0.717, 1.165) is 18.0 Å². The van der Waals surface area contributed by atoms with Crippen molar-refractivity contribution in [2.24, 2.45) is 5.92 Å². The molecule has 1 saturated heterocycles. The summed E-state index contributed by atoms with van der Waals surface area (Å²) in [6.07, 6.45) is 6.91. The Bertz CT molecular complexity index is 243. The maximum atomic E-state index is 3.89. The summed E-state index contributed by atoms with van der Waals surface area (Å²) in [7, 11) is 0. The minimum atomic E-state index is 0.467. The van der Waals surface area contributed by atoms with Crippen molar-refractivity contribution in [1.29, 1.82) is 0 Å². The molecule has 17 heavy (non-hydrogen) atoms. The second-order valence-electron chi connectivity index (χ2n) is 6.61. The molecular formula is C15H30N2. The molecule has 2 atom stereocenters. The van der Waals surface area contributed by atoms with Crippen LogP contribution in [0.25, 0.3) is 0 Å². The summed E-state index contributed by atoms with van der Waals surface area (Å²) in [5, 5.41) is 3.89. The highest BCUT2D eigenvalue weighted by Crippen LogP contribution is 2.35. The minimum Gasteiger partial charge on any atom is -0.308 e. The summed E-state index contributed by atoms with van der Waals surface area (Å²) >= 11 is 0. The maximum Gasteiger partial charge on any atom is 0.0309 e. The molecule has 1 heterocycles. The van der Waals surface area contributed by atoms with Gasteiger partial charge in [-0.05, 0) is 32.1 Å². The van der Waals surface area contributed by atoms with E-state index in [4.69, 9.17) is 0 Å². The largest absolute Gasteiger partial charge is 0.308 e. The minimum absolute atomic E-state index is 0.467. The maximum absolute atomic E-state index is 3.89. The summed E-state index contributed by atoms with van der Waals surface area (Å²) < 4.78 is 0. The first-order chi connectivity index (χ1) is 8.08. The second-order valence-corrected chi connectivity index (χ2v) is 6.61. The van der Waals surface area contributed by atoms with E-state index < -0.39 is 0 Å². The number of piperazine rings is 1. The molecule has 0 radical (unpaired) electrons. The van der Waals surface area contributed by atoms with Crippen molar-refractivity contribution in [2.45, 2.75) is 77.4 Å². The molecule has 0 aromatic rings. The van der Waals surface area contributed by atoms with Gasteiger partial charge in [0.2, 0.25) is 0 Å². The number of hydrogen-bond acceptors (Lipinski definition) is 2. The average molecular weight is 238 g/mol. The third-order valence-electron chi connectivity index (χ3n) is 5.08. The molecule has 0 aromatic carbocycles. The Hall–Kier alpha value is -0.0800. The SMILES string of the molecule is CCC(C)N1CC2(CCCC2)NCC1C(C)C. The Labute approximate surface area is 107 Å². The van der Waals surface area contributed by atoms with Crippen LogP contribution in [0.5, 0.6) is 0 Å². The molecule has 0 bridgehead atoms. The lowest BCUT2D eigenvalue weighted by molar-refractivity contribution is 0.0262. The highest BCUT2D eigenvalue weighted by Gasteiger charge is 2.42. The zero-order chi connectivity index (χ0) is 12.5. The van der Waals surface area contributed by atoms with Crippen LogP contribution in [0.15, 0.2) is 0 Å². The summed E-state index contributed by atoms with van der Waals surface area (Å²) in [5.41, 5.74) is 0.467. The van der Waals surface area contributed by atoms with E-state index in [1.807, 2.05) is 0 Å². The van der Waals surface area contributed by atoms with Crippen molar-refractivity contribution in [3.63, 3.8) is 0 Å². The Morgan fingerprint density at radius 3 is 2.41 bits per heavy atom.